The van der Waals surface area contributed by atoms with Crippen molar-refractivity contribution in [1.29, 1.82) is 0 Å². The van der Waals surface area contributed by atoms with E-state index in [0.717, 1.165) is 40.3 Å². The molecule has 0 bridgehead atoms. The zero-order valence-electron chi connectivity index (χ0n) is 20.1. The fourth-order valence-electron chi connectivity index (χ4n) is 4.54. The predicted octanol–water partition coefficient (Wildman–Crippen LogP) is 4.27. The summed E-state index contributed by atoms with van der Waals surface area (Å²) in [5.41, 5.74) is 3.28. The monoisotopic (exact) mass is 490 g/mol. The molecule has 1 amide bonds. The summed E-state index contributed by atoms with van der Waals surface area (Å²) in [4.78, 5) is 17.3. The van der Waals surface area contributed by atoms with Crippen LogP contribution in [0, 0.1) is 6.92 Å². The van der Waals surface area contributed by atoms with Crippen molar-refractivity contribution in [2.24, 2.45) is 0 Å². The highest BCUT2D eigenvalue weighted by molar-refractivity contribution is 7.20. The smallest absolute Gasteiger partial charge is 0.261 e. The van der Waals surface area contributed by atoms with Crippen molar-refractivity contribution in [2.45, 2.75) is 19.5 Å². The molecule has 2 aromatic carbocycles. The van der Waals surface area contributed by atoms with Crippen LogP contribution < -0.4 is 10.1 Å². The van der Waals surface area contributed by atoms with Gasteiger partial charge >= 0.3 is 0 Å². The van der Waals surface area contributed by atoms with Gasteiger partial charge in [-0.25, -0.2) is 0 Å². The number of morpholine rings is 1. The van der Waals surface area contributed by atoms with Gasteiger partial charge in [-0.1, -0.05) is 42.5 Å². The van der Waals surface area contributed by atoms with Crippen molar-refractivity contribution in [3.8, 4) is 5.75 Å². The molecule has 4 aromatic rings. The van der Waals surface area contributed by atoms with Crippen molar-refractivity contribution >= 4 is 27.5 Å². The number of ether oxygens (including phenoxy) is 2. The molecule has 1 atom stereocenters. The first-order chi connectivity index (χ1) is 17.1. The zero-order chi connectivity index (χ0) is 24.2. The van der Waals surface area contributed by atoms with Crippen LogP contribution >= 0.6 is 11.3 Å². The number of carbonyl (C=O) groups excluding carboxylic acids is 1. The average molecular weight is 491 g/mol. The van der Waals surface area contributed by atoms with Crippen molar-refractivity contribution in [1.82, 2.24) is 20.0 Å². The van der Waals surface area contributed by atoms with Gasteiger partial charge in [-0.3, -0.25) is 14.4 Å². The quantitative estimate of drug-likeness (QED) is 0.400. The summed E-state index contributed by atoms with van der Waals surface area (Å²) < 4.78 is 12.9. The molecule has 35 heavy (non-hydrogen) atoms. The molecule has 8 heteroatoms. The predicted molar refractivity (Wildman–Crippen MR) is 138 cm³/mol. The first kappa shape index (κ1) is 23.5. The van der Waals surface area contributed by atoms with Gasteiger partial charge in [-0.05, 0) is 36.2 Å². The number of thiophene rings is 1. The highest BCUT2D eigenvalue weighted by atomic mass is 32.1. The van der Waals surface area contributed by atoms with Crippen LogP contribution in [-0.4, -0.2) is 60.5 Å². The van der Waals surface area contributed by atoms with E-state index in [2.05, 4.69) is 34.5 Å². The maximum atomic E-state index is 13.2. The molecule has 0 spiro atoms. The van der Waals surface area contributed by atoms with Gasteiger partial charge in [0.05, 0.1) is 43.5 Å². The first-order valence-corrected chi connectivity index (χ1v) is 12.7. The van der Waals surface area contributed by atoms with Crippen molar-refractivity contribution < 1.29 is 14.3 Å². The largest absolute Gasteiger partial charge is 0.497 e. The molecule has 7 nitrogen and oxygen atoms in total. The van der Waals surface area contributed by atoms with Crippen LogP contribution in [0.25, 0.3) is 10.2 Å². The third kappa shape index (κ3) is 5.24. The number of aromatic nitrogens is 2. The number of rotatable bonds is 8. The van der Waals surface area contributed by atoms with Crippen LogP contribution in [0.15, 0.2) is 60.7 Å². The van der Waals surface area contributed by atoms with Gasteiger partial charge in [0.15, 0.2) is 0 Å². The van der Waals surface area contributed by atoms with Gasteiger partial charge in [0, 0.05) is 25.0 Å². The molecule has 1 unspecified atom stereocenters. The number of aryl methyl sites for hydroxylation is 1. The number of nitrogens with one attached hydrogen (secondary N) is 1. The molecular formula is C27H30N4O3S. The highest BCUT2D eigenvalue weighted by Crippen LogP contribution is 2.29. The fraction of sp³-hybridized carbons (Fsp3) is 0.333. The molecule has 1 saturated heterocycles. The Kier molecular flexibility index (Phi) is 7.13. The molecule has 0 radical (unpaired) electrons. The maximum Gasteiger partial charge on any atom is 0.261 e. The summed E-state index contributed by atoms with van der Waals surface area (Å²) in [5.74, 6) is 0.771. The lowest BCUT2D eigenvalue weighted by Crippen LogP contribution is -2.43. The Hall–Kier alpha value is -3.20. The SMILES string of the molecule is COc1ccc(C(CNC(=O)c2cc3c(C)nn(Cc4ccccc4)c3s2)N2CCOCC2)cc1. The molecule has 3 heterocycles. The van der Waals surface area contributed by atoms with Gasteiger partial charge in [-0.2, -0.15) is 5.10 Å². The maximum absolute atomic E-state index is 13.2. The van der Waals surface area contributed by atoms with Gasteiger partial charge in [0.25, 0.3) is 5.91 Å². The normalized spacial score (nSPS) is 15.3. The molecule has 5 rings (SSSR count). The second-order valence-electron chi connectivity index (χ2n) is 8.71. The molecule has 1 aliphatic heterocycles. The molecule has 1 fully saturated rings. The zero-order valence-corrected chi connectivity index (χ0v) is 20.9. The summed E-state index contributed by atoms with van der Waals surface area (Å²) in [6, 6.07) is 20.4. The fourth-order valence-corrected chi connectivity index (χ4v) is 5.61. The van der Waals surface area contributed by atoms with Gasteiger partial charge in [0.1, 0.15) is 10.6 Å². The third-order valence-corrected chi connectivity index (χ3v) is 7.60. The van der Waals surface area contributed by atoms with Crippen LogP contribution in [0.2, 0.25) is 0 Å². The minimum Gasteiger partial charge on any atom is -0.497 e. The Morgan fingerprint density at radius 3 is 2.60 bits per heavy atom. The molecular weight excluding hydrogens is 460 g/mol. The van der Waals surface area contributed by atoms with Gasteiger partial charge in [0.2, 0.25) is 0 Å². The average Bonchev–Trinajstić information content (AvgIpc) is 3.47. The molecule has 0 aliphatic carbocycles. The van der Waals surface area contributed by atoms with E-state index in [-0.39, 0.29) is 11.9 Å². The third-order valence-electron chi connectivity index (χ3n) is 6.45. The number of nitrogens with zero attached hydrogens (tertiary/aromatic N) is 3. The Bertz CT molecular complexity index is 1280. The number of benzene rings is 2. The van der Waals surface area contributed by atoms with Crippen LogP contribution in [0.5, 0.6) is 5.75 Å². The summed E-state index contributed by atoms with van der Waals surface area (Å²) in [6.07, 6.45) is 0. The molecule has 0 saturated carbocycles. The standard InChI is InChI=1S/C27H30N4O3S/c1-19-23-16-25(35-27(23)31(29-19)18-20-6-4-3-5-7-20)26(32)28-17-24(30-12-14-34-15-13-30)21-8-10-22(33-2)11-9-21/h3-11,16,24H,12-15,17-18H2,1-2H3,(H,28,32). The van der Waals surface area contributed by atoms with Crippen LogP contribution in [0.4, 0.5) is 0 Å². The summed E-state index contributed by atoms with van der Waals surface area (Å²) in [5, 5.41) is 8.93. The number of fused-ring (bicyclic) bond motifs is 1. The Morgan fingerprint density at radius 2 is 1.89 bits per heavy atom. The van der Waals surface area contributed by atoms with Gasteiger partial charge < -0.3 is 14.8 Å². The van der Waals surface area contributed by atoms with E-state index < -0.39 is 0 Å². The summed E-state index contributed by atoms with van der Waals surface area (Å²) >= 11 is 1.50. The second-order valence-corrected chi connectivity index (χ2v) is 9.74. The van der Waals surface area contributed by atoms with E-state index in [9.17, 15) is 4.79 Å². The number of hydrogen-bond acceptors (Lipinski definition) is 6. The van der Waals surface area contributed by atoms with E-state index >= 15 is 0 Å². The van der Waals surface area contributed by atoms with E-state index in [0.29, 0.717) is 31.2 Å². The first-order valence-electron chi connectivity index (χ1n) is 11.9. The second kappa shape index (κ2) is 10.6. The lowest BCUT2D eigenvalue weighted by Gasteiger charge is -2.35. The Morgan fingerprint density at radius 1 is 1.14 bits per heavy atom. The Labute approximate surface area is 209 Å². The summed E-state index contributed by atoms with van der Waals surface area (Å²) in [6.45, 7) is 6.28. The van der Waals surface area contributed by atoms with Crippen molar-refractivity contribution in [3.05, 3.63) is 82.4 Å². The number of amides is 1. The molecule has 1 aliphatic rings. The van der Waals surface area contributed by atoms with Crippen LogP contribution in [0.1, 0.15) is 32.5 Å². The van der Waals surface area contributed by atoms with Crippen molar-refractivity contribution in [2.75, 3.05) is 40.0 Å². The number of hydrogen-bond donors (Lipinski definition) is 1. The Balaban J connectivity index is 1.33. The van der Waals surface area contributed by atoms with E-state index in [1.807, 2.05) is 48.0 Å². The minimum atomic E-state index is -0.0522. The van der Waals surface area contributed by atoms with E-state index in [4.69, 9.17) is 14.6 Å². The number of methoxy groups -OCH3 is 1. The van der Waals surface area contributed by atoms with E-state index in [1.54, 1.807) is 7.11 Å². The minimum absolute atomic E-state index is 0.0522. The lowest BCUT2D eigenvalue weighted by atomic mass is 10.0. The molecule has 2 aromatic heterocycles. The topological polar surface area (TPSA) is 68.6 Å². The van der Waals surface area contributed by atoms with Gasteiger partial charge in [-0.15, -0.1) is 11.3 Å². The molecule has 1 N–H and O–H groups in total. The lowest BCUT2D eigenvalue weighted by molar-refractivity contribution is 0.0162. The van der Waals surface area contributed by atoms with Crippen LogP contribution in [0.3, 0.4) is 0 Å². The van der Waals surface area contributed by atoms with E-state index in [1.165, 1.54) is 16.9 Å². The number of carbonyl (C=O) groups is 1. The highest BCUT2D eigenvalue weighted by Gasteiger charge is 2.24. The van der Waals surface area contributed by atoms with Crippen molar-refractivity contribution in [3.63, 3.8) is 0 Å². The van der Waals surface area contributed by atoms with Crippen LogP contribution in [-0.2, 0) is 11.3 Å². The molecule has 182 valence electrons. The summed E-state index contributed by atoms with van der Waals surface area (Å²) in [7, 11) is 1.67.